The van der Waals surface area contributed by atoms with E-state index < -0.39 is 15.7 Å². The quantitative estimate of drug-likeness (QED) is 0.522. The van der Waals surface area contributed by atoms with Crippen LogP contribution in [0.5, 0.6) is 5.75 Å². The molecular formula is C22H17NO4S. The van der Waals surface area contributed by atoms with Gasteiger partial charge in [-0.05, 0) is 40.1 Å². The molecule has 0 spiro atoms. The van der Waals surface area contributed by atoms with E-state index in [0.29, 0.717) is 12.2 Å². The summed E-state index contributed by atoms with van der Waals surface area (Å²) in [7, 11) is -0.907. The molecule has 2 amide bonds. The van der Waals surface area contributed by atoms with E-state index in [9.17, 15) is 14.4 Å². The summed E-state index contributed by atoms with van der Waals surface area (Å²) in [4.78, 5) is 34.4. The lowest BCUT2D eigenvalue weighted by atomic mass is 10.0. The van der Waals surface area contributed by atoms with Crippen molar-refractivity contribution in [1.29, 1.82) is 0 Å². The molecule has 4 rings (SSSR count). The third-order valence-corrected chi connectivity index (χ3v) is 6.28. The van der Waals surface area contributed by atoms with Gasteiger partial charge in [0.25, 0.3) is 5.24 Å². The van der Waals surface area contributed by atoms with E-state index in [-0.39, 0.29) is 11.1 Å². The Bertz CT molecular complexity index is 1120. The lowest BCUT2D eigenvalue weighted by Crippen LogP contribution is -2.20. The number of benzene rings is 3. The van der Waals surface area contributed by atoms with Gasteiger partial charge in [0.05, 0.1) is 0 Å². The minimum atomic E-state index is -0.907. The van der Waals surface area contributed by atoms with Crippen molar-refractivity contribution in [2.24, 2.45) is 0 Å². The maximum absolute atomic E-state index is 12.0. The van der Waals surface area contributed by atoms with Gasteiger partial charge in [0, 0.05) is 5.56 Å². The number of hydrogen-bond donors (Lipinski definition) is 1. The lowest BCUT2D eigenvalue weighted by Gasteiger charge is -2.11. The van der Waals surface area contributed by atoms with Gasteiger partial charge in [0.2, 0.25) is 5.91 Å². The highest BCUT2D eigenvalue weighted by Gasteiger charge is 2.35. The number of aldehydes is 1. The van der Waals surface area contributed by atoms with Crippen LogP contribution in [0.25, 0.3) is 10.8 Å². The molecule has 3 aromatic carbocycles. The SMILES string of the molecule is C=S1C(=O)NC(=O)C1c1ccc2cc(OCc3ccc(C=O)cc3)ccc2c1. The van der Waals surface area contributed by atoms with E-state index in [4.69, 9.17) is 4.74 Å². The maximum Gasteiger partial charge on any atom is 0.280 e. The first-order chi connectivity index (χ1) is 13.5. The van der Waals surface area contributed by atoms with Crippen molar-refractivity contribution in [1.82, 2.24) is 5.32 Å². The van der Waals surface area contributed by atoms with Crippen molar-refractivity contribution >= 4 is 44.6 Å². The Labute approximate surface area is 164 Å². The summed E-state index contributed by atoms with van der Waals surface area (Å²) in [6.45, 7) is 0.400. The Hall–Kier alpha value is -3.25. The van der Waals surface area contributed by atoms with Gasteiger partial charge in [0.15, 0.2) is 0 Å². The van der Waals surface area contributed by atoms with Gasteiger partial charge in [-0.2, -0.15) is 0 Å². The zero-order valence-corrected chi connectivity index (χ0v) is 15.7. The fourth-order valence-corrected chi connectivity index (χ4v) is 4.38. The molecule has 1 heterocycles. The third kappa shape index (κ3) is 3.46. The second kappa shape index (κ2) is 7.40. The number of fused-ring (bicyclic) bond motifs is 1. The summed E-state index contributed by atoms with van der Waals surface area (Å²) in [6, 6.07) is 18.7. The van der Waals surface area contributed by atoms with E-state index in [2.05, 4.69) is 11.2 Å². The van der Waals surface area contributed by atoms with Crippen LogP contribution in [0, 0.1) is 0 Å². The molecule has 0 saturated carbocycles. The number of amides is 2. The molecule has 5 nitrogen and oxygen atoms in total. The van der Waals surface area contributed by atoms with Crippen LogP contribution in [-0.4, -0.2) is 23.3 Å². The molecule has 0 aliphatic carbocycles. The molecule has 28 heavy (non-hydrogen) atoms. The second-order valence-corrected chi connectivity index (χ2v) is 8.20. The van der Waals surface area contributed by atoms with Crippen LogP contribution in [0.4, 0.5) is 4.79 Å². The molecule has 140 valence electrons. The summed E-state index contributed by atoms with van der Waals surface area (Å²) in [6.07, 6.45) is 0.810. The first-order valence-electron chi connectivity index (χ1n) is 8.63. The van der Waals surface area contributed by atoms with Crippen LogP contribution in [0.1, 0.15) is 26.7 Å². The minimum Gasteiger partial charge on any atom is -0.489 e. The zero-order valence-electron chi connectivity index (χ0n) is 14.9. The molecule has 1 aliphatic heterocycles. The van der Waals surface area contributed by atoms with Crippen molar-refractivity contribution in [3.63, 3.8) is 0 Å². The summed E-state index contributed by atoms with van der Waals surface area (Å²) < 4.78 is 5.85. The molecule has 0 bridgehead atoms. The molecule has 6 heteroatoms. The van der Waals surface area contributed by atoms with Crippen molar-refractivity contribution in [3.8, 4) is 5.75 Å². The molecular weight excluding hydrogens is 374 g/mol. The normalized spacial score (nSPS) is 18.9. The Morgan fingerprint density at radius 3 is 2.39 bits per heavy atom. The summed E-state index contributed by atoms with van der Waals surface area (Å²) in [5.74, 6) is 4.28. The van der Waals surface area contributed by atoms with Crippen molar-refractivity contribution < 1.29 is 19.1 Å². The van der Waals surface area contributed by atoms with Crippen LogP contribution in [0.15, 0.2) is 60.7 Å². The van der Waals surface area contributed by atoms with E-state index in [1.54, 1.807) is 12.1 Å². The molecule has 0 radical (unpaired) electrons. The van der Waals surface area contributed by atoms with Gasteiger partial charge in [0.1, 0.15) is 23.9 Å². The summed E-state index contributed by atoms with van der Waals surface area (Å²) in [5, 5.41) is 3.45. The predicted octanol–water partition coefficient (Wildman–Crippen LogP) is 4.22. The molecule has 3 aromatic rings. The minimum absolute atomic E-state index is 0.289. The fourth-order valence-electron chi connectivity index (χ4n) is 3.14. The van der Waals surface area contributed by atoms with E-state index in [1.165, 1.54) is 0 Å². The van der Waals surface area contributed by atoms with E-state index >= 15 is 0 Å². The molecule has 2 atom stereocenters. The monoisotopic (exact) mass is 391 g/mol. The van der Waals surface area contributed by atoms with Crippen molar-refractivity contribution in [3.05, 3.63) is 77.4 Å². The first kappa shape index (κ1) is 18.1. The molecule has 2 unspecified atom stereocenters. The van der Waals surface area contributed by atoms with Crippen LogP contribution in [-0.2, 0) is 11.4 Å². The van der Waals surface area contributed by atoms with Gasteiger partial charge < -0.3 is 4.74 Å². The summed E-state index contributed by atoms with van der Waals surface area (Å²) in [5.41, 5.74) is 2.39. The Kier molecular flexibility index (Phi) is 4.79. The molecule has 1 fully saturated rings. The number of nitrogens with one attached hydrogen (secondary N) is 1. The van der Waals surface area contributed by atoms with Crippen molar-refractivity contribution in [2.75, 3.05) is 0 Å². The second-order valence-electron chi connectivity index (χ2n) is 6.50. The Morgan fingerprint density at radius 2 is 1.71 bits per heavy atom. The molecule has 0 aromatic heterocycles. The highest BCUT2D eigenvalue weighted by atomic mass is 32.2. The summed E-state index contributed by atoms with van der Waals surface area (Å²) >= 11 is 0. The number of carbonyl (C=O) groups excluding carboxylic acids is 3. The molecule has 1 saturated heterocycles. The first-order valence-corrected chi connectivity index (χ1v) is 10.1. The van der Waals surface area contributed by atoms with E-state index in [1.807, 2.05) is 48.5 Å². The van der Waals surface area contributed by atoms with Gasteiger partial charge in [-0.25, -0.2) is 0 Å². The zero-order chi connectivity index (χ0) is 19.7. The van der Waals surface area contributed by atoms with Crippen LogP contribution < -0.4 is 10.1 Å². The van der Waals surface area contributed by atoms with E-state index in [0.717, 1.165) is 33.9 Å². The standard InChI is InChI=1S/C22H17NO4S/c1-28-20(21(25)23-22(28)26)18-7-6-17-11-19(9-8-16(17)10-18)27-13-15-4-2-14(12-24)3-5-15/h2-12,20H,1,13H2,(H,23,25,26). The Morgan fingerprint density at radius 1 is 1.00 bits per heavy atom. The average molecular weight is 391 g/mol. The topological polar surface area (TPSA) is 72.5 Å². The van der Waals surface area contributed by atoms with Crippen LogP contribution in [0.3, 0.4) is 0 Å². The maximum atomic E-state index is 12.0. The average Bonchev–Trinajstić information content (AvgIpc) is 2.97. The van der Waals surface area contributed by atoms with Crippen LogP contribution in [0.2, 0.25) is 0 Å². The number of carbonyl (C=O) groups is 3. The van der Waals surface area contributed by atoms with Gasteiger partial charge in [-0.1, -0.05) is 58.8 Å². The highest BCUT2D eigenvalue weighted by Crippen LogP contribution is 2.40. The van der Waals surface area contributed by atoms with Gasteiger partial charge in [-0.3, -0.25) is 19.7 Å². The number of imide groups is 1. The number of ether oxygens (including phenoxy) is 1. The number of hydrogen-bond acceptors (Lipinski definition) is 4. The molecule has 1 N–H and O–H groups in total. The molecule has 1 aliphatic rings. The number of rotatable bonds is 5. The van der Waals surface area contributed by atoms with Gasteiger partial charge in [-0.15, -0.1) is 0 Å². The predicted molar refractivity (Wildman–Crippen MR) is 111 cm³/mol. The fraction of sp³-hybridized carbons (Fsp3) is 0.0909. The third-order valence-electron chi connectivity index (χ3n) is 4.65. The largest absolute Gasteiger partial charge is 0.489 e. The van der Waals surface area contributed by atoms with Crippen LogP contribution >= 0.6 is 10.5 Å². The van der Waals surface area contributed by atoms with Gasteiger partial charge >= 0.3 is 0 Å². The van der Waals surface area contributed by atoms with Crippen molar-refractivity contribution in [2.45, 2.75) is 11.9 Å². The lowest BCUT2D eigenvalue weighted by molar-refractivity contribution is -0.119. The highest BCUT2D eigenvalue weighted by molar-refractivity contribution is 8.28. The Balaban J connectivity index is 1.53. The smallest absolute Gasteiger partial charge is 0.280 e.